The molecule has 22 atom stereocenters. The first-order valence-corrected chi connectivity index (χ1v) is 42.8. The quantitative estimate of drug-likeness (QED) is 0.0200. The third-order valence-electron chi connectivity index (χ3n) is 20.8. The number of aliphatic hydroxyl groups excluding tert-OH is 11. The Morgan fingerprint density at radius 1 is 0.336 bits per heavy atom. The van der Waals surface area contributed by atoms with Crippen molar-refractivity contribution >= 4 is 47.8 Å². The minimum Gasteiger partial charge on any atom is -0.504 e. The highest BCUT2D eigenvalue weighted by atomic mass is 16.8. The fourth-order valence-electron chi connectivity index (χ4n) is 14.0. The lowest BCUT2D eigenvalue weighted by Crippen LogP contribution is -2.57. The van der Waals surface area contributed by atoms with E-state index in [1.165, 1.54) is 71.8 Å². The fourth-order valence-corrected chi connectivity index (χ4v) is 14.0. The zero-order valence-corrected chi connectivity index (χ0v) is 74.4. The van der Waals surface area contributed by atoms with Gasteiger partial charge in [-0.15, -0.1) is 0 Å². The van der Waals surface area contributed by atoms with Crippen LogP contribution in [0, 0.1) is 0 Å². The summed E-state index contributed by atoms with van der Waals surface area (Å²) in [6, 6.07) is 56.1. The Hall–Kier alpha value is -12.3. The molecule has 0 radical (unpaired) electrons. The van der Waals surface area contributed by atoms with Crippen LogP contribution in [0.25, 0.3) is 0 Å². The van der Waals surface area contributed by atoms with E-state index in [-0.39, 0.29) is 66.1 Å². The lowest BCUT2D eigenvalue weighted by atomic mass is 10.0. The van der Waals surface area contributed by atoms with Crippen LogP contribution in [0.1, 0.15) is 129 Å². The Morgan fingerprint density at radius 3 is 1.09 bits per heavy atom. The number of aliphatic hydroxyl groups is 11. The molecule has 3 aromatic heterocycles. The van der Waals surface area contributed by atoms with Gasteiger partial charge in [-0.1, -0.05) is 109 Å². The molecule has 6 aromatic carbocycles. The number of phenolic OH excluding ortho intramolecular Hbond substituents is 1. The van der Waals surface area contributed by atoms with Crippen LogP contribution in [0.3, 0.4) is 0 Å². The van der Waals surface area contributed by atoms with Crippen molar-refractivity contribution in [2.45, 2.75) is 175 Å². The van der Waals surface area contributed by atoms with Crippen molar-refractivity contribution in [1.82, 2.24) is 0 Å². The smallest absolute Gasteiger partial charge is 0.338 e. The van der Waals surface area contributed by atoms with Crippen molar-refractivity contribution in [3.63, 3.8) is 0 Å². The zero-order chi connectivity index (χ0) is 98.6. The Balaban J connectivity index is 0.000000190. The second-order valence-corrected chi connectivity index (χ2v) is 30.5. The summed E-state index contributed by atoms with van der Waals surface area (Å²) in [6.07, 6.45) is -21.9. The molecule has 0 spiro atoms. The van der Waals surface area contributed by atoms with Gasteiger partial charge in [0.05, 0.1) is 87.8 Å². The van der Waals surface area contributed by atoms with E-state index in [2.05, 4.69) is 0 Å². The third kappa shape index (κ3) is 30.8. The number of rotatable bonds is 32. The molecule has 42 heteroatoms. The Bertz CT molecular complexity index is 5080. The molecular weight excluding hydrogens is 1810 g/mol. The minimum absolute atomic E-state index is 0.0623. The first kappa shape index (κ1) is 107. The second-order valence-electron chi connectivity index (χ2n) is 30.5. The predicted octanol–water partition coefficient (Wildman–Crippen LogP) is 4.75. The van der Waals surface area contributed by atoms with Gasteiger partial charge in [-0.2, -0.15) is 0 Å². The summed E-state index contributed by atoms with van der Waals surface area (Å²) in [5.74, 6) is -4.28. The van der Waals surface area contributed by atoms with Gasteiger partial charge >= 0.3 is 47.8 Å². The number of esters is 8. The van der Waals surface area contributed by atoms with E-state index < -0.39 is 235 Å². The molecule has 5 saturated heterocycles. The van der Waals surface area contributed by atoms with Gasteiger partial charge < -0.3 is 165 Å². The van der Waals surface area contributed by atoms with Crippen LogP contribution in [0.15, 0.2) is 238 Å². The molecule has 12 N–H and O–H groups in total. The number of carbonyl (C=O) groups excluding carboxylic acids is 8. The van der Waals surface area contributed by atoms with Gasteiger partial charge in [0.25, 0.3) is 0 Å². The third-order valence-corrected chi connectivity index (χ3v) is 20.8. The summed E-state index contributed by atoms with van der Waals surface area (Å²) in [5, 5.41) is 113. The molecule has 740 valence electrons. The molecule has 8 heterocycles. The normalized spacial score (nSPS) is 25.8. The molecule has 14 rings (SSSR count). The predicted molar refractivity (Wildman–Crippen MR) is 461 cm³/mol. The molecule has 5 fully saturated rings. The van der Waals surface area contributed by atoms with Crippen LogP contribution in [-0.4, -0.2) is 298 Å². The van der Waals surface area contributed by atoms with Gasteiger partial charge in [-0.25, -0.2) is 19.2 Å². The standard InChI is InChI=1S/C39H32O11.C19H24O11.C14H20O8.C13H18O6.C10H14O6/c40-35(26-14-5-1-6-15-26)45-24-31(47-37(42)28-18-9-3-10-19-28)34-33(49-38(43)29-20-11-4-12-21-29)32(48-39(50-34)30-22-13-23-44-30)25-46-36(41)27-16-7-2-8-17-27;1-10(20)25-8-15(27-12(3)22)18-17(28-13(4)23)16(9-26-11(2)21)29-19(30-18)14-6-5-7-24-14;1-20-10-4-7(2-3-8(10)17)14-21-11(6-16)12(19)13(22-14)9(18)5-15;14-6-9(16)12-11(17)10(7-15)18-13(19-12)8-4-2-1-3-5-8;11-4-7-9(13)8(5-12)16-10(15-7)6-2-1-3-14-6/h1-23,31-34,39H,24-25H2;5-7,15-19H,8-9H2,1-4H3;2-4,9,11-19H,5-6H2,1H3;1-5,9-17H,6-7H2;1-3,7-13H,4-5H2. The summed E-state index contributed by atoms with van der Waals surface area (Å²) in [6.45, 7) is 0.480. The van der Waals surface area contributed by atoms with Gasteiger partial charge in [-0.3, -0.25) is 19.2 Å². The molecule has 137 heavy (non-hydrogen) atoms. The summed E-state index contributed by atoms with van der Waals surface area (Å²) in [7, 11) is 1.39. The number of phenols is 1. The topological polar surface area (TPSA) is 594 Å². The van der Waals surface area contributed by atoms with Gasteiger partial charge in [0.1, 0.15) is 118 Å². The molecule has 42 nitrogen and oxygen atoms in total. The van der Waals surface area contributed by atoms with Crippen molar-refractivity contribution in [2.75, 3.05) is 73.2 Å². The van der Waals surface area contributed by atoms with Gasteiger partial charge in [-0.05, 0) is 97.1 Å². The minimum atomic E-state index is -1.36. The largest absolute Gasteiger partial charge is 0.504 e. The highest BCUT2D eigenvalue weighted by Crippen LogP contribution is 2.41. The van der Waals surface area contributed by atoms with Crippen LogP contribution < -0.4 is 4.74 Å². The van der Waals surface area contributed by atoms with Crippen LogP contribution in [0.5, 0.6) is 11.5 Å². The van der Waals surface area contributed by atoms with E-state index in [1.807, 2.05) is 6.07 Å². The maximum atomic E-state index is 13.5. The highest BCUT2D eigenvalue weighted by Gasteiger charge is 2.53. The lowest BCUT2D eigenvalue weighted by molar-refractivity contribution is -0.318. The second kappa shape index (κ2) is 54.0. The van der Waals surface area contributed by atoms with Gasteiger partial charge in [0.15, 0.2) is 65.8 Å². The Morgan fingerprint density at radius 2 is 0.693 bits per heavy atom. The first-order chi connectivity index (χ1) is 66.1. The van der Waals surface area contributed by atoms with Crippen molar-refractivity contribution < 1.29 is 203 Å². The number of furan rings is 3. The van der Waals surface area contributed by atoms with Crippen molar-refractivity contribution in [1.29, 1.82) is 0 Å². The molecule has 0 bridgehead atoms. The number of ether oxygens (including phenoxy) is 19. The number of hydrogen-bond donors (Lipinski definition) is 12. The molecule has 0 amide bonds. The Kier molecular flexibility index (Phi) is 42.1. The number of hydrogen-bond acceptors (Lipinski definition) is 42. The first-order valence-electron chi connectivity index (χ1n) is 42.8. The summed E-state index contributed by atoms with van der Waals surface area (Å²) in [4.78, 5) is 99.0. The summed E-state index contributed by atoms with van der Waals surface area (Å²) >= 11 is 0. The maximum Gasteiger partial charge on any atom is 0.338 e. The average molecular weight is 1920 g/mol. The van der Waals surface area contributed by atoms with E-state index in [1.54, 1.807) is 182 Å². The number of benzene rings is 6. The van der Waals surface area contributed by atoms with Crippen LogP contribution in [-0.2, 0) is 104 Å². The molecule has 9 aromatic rings. The number of methoxy groups -OCH3 is 1. The molecule has 5 aliphatic rings. The van der Waals surface area contributed by atoms with E-state index >= 15 is 0 Å². The van der Waals surface area contributed by atoms with Crippen molar-refractivity contribution in [3.8, 4) is 11.5 Å². The van der Waals surface area contributed by atoms with Gasteiger partial charge in [0, 0.05) is 38.8 Å². The van der Waals surface area contributed by atoms with Crippen LogP contribution in [0.4, 0.5) is 0 Å². The molecule has 0 aliphatic carbocycles. The highest BCUT2D eigenvalue weighted by molar-refractivity contribution is 5.91. The maximum absolute atomic E-state index is 13.5. The lowest BCUT2D eigenvalue weighted by Gasteiger charge is -2.42. The van der Waals surface area contributed by atoms with Gasteiger partial charge in [0.2, 0.25) is 18.9 Å². The van der Waals surface area contributed by atoms with Crippen LogP contribution >= 0.6 is 0 Å². The van der Waals surface area contributed by atoms with E-state index in [0.29, 0.717) is 22.5 Å². The van der Waals surface area contributed by atoms with Crippen molar-refractivity contribution in [3.05, 3.63) is 276 Å². The zero-order valence-electron chi connectivity index (χ0n) is 74.4. The monoisotopic (exact) mass is 1920 g/mol. The number of aromatic hydroxyl groups is 1. The van der Waals surface area contributed by atoms with E-state index in [0.717, 1.165) is 0 Å². The summed E-state index contributed by atoms with van der Waals surface area (Å²) in [5.41, 5.74) is 2.16. The van der Waals surface area contributed by atoms with Crippen molar-refractivity contribution in [2.24, 2.45) is 0 Å². The fraction of sp³-hybridized carbons (Fsp3) is 0.411. The molecular formula is C95H108O42. The molecule has 0 saturated carbocycles. The van der Waals surface area contributed by atoms with E-state index in [4.69, 9.17) is 124 Å². The number of carbonyl (C=O) groups is 8. The molecule has 5 aliphatic heterocycles. The Labute approximate surface area is 782 Å². The van der Waals surface area contributed by atoms with E-state index in [9.17, 15) is 79.2 Å². The summed E-state index contributed by atoms with van der Waals surface area (Å²) < 4.78 is 122. The van der Waals surface area contributed by atoms with Crippen LogP contribution in [0.2, 0.25) is 0 Å². The average Bonchev–Trinajstić information content (AvgIpc) is 1.69. The SMILES string of the molecule is CC(=O)OCC1OC(c2ccco2)OC(C(COC(C)=O)OC(C)=O)C1OC(C)=O.COc1cc(C2OC(CO)C(O)C(C(O)CO)O2)ccc1O.O=C(OCC1OC(c2ccco2)OC(C(COC(=O)c2ccccc2)OC(=O)c2ccccc2)C1OC(=O)c1ccccc1)c1ccccc1.OCC(O)C1OC(c2ccccc2)OC(CO)C1O.OCC1OC(c2ccco2)OC(CO)C1O. The molecule has 22 unspecified atom stereocenters.